The van der Waals surface area contributed by atoms with Gasteiger partial charge in [0.05, 0.1) is 6.04 Å². The first-order chi connectivity index (χ1) is 13.1. The molecule has 2 heterocycles. The smallest absolute Gasteiger partial charge is 0.317 e. The number of amides is 2. The summed E-state index contributed by atoms with van der Waals surface area (Å²) in [4.78, 5) is 16.7. The van der Waals surface area contributed by atoms with Crippen LogP contribution in [0.3, 0.4) is 0 Å². The van der Waals surface area contributed by atoms with E-state index in [0.29, 0.717) is 0 Å². The minimum atomic E-state index is -0.232. The maximum absolute atomic E-state index is 13.1. The second-order valence-electron chi connectivity index (χ2n) is 7.38. The molecule has 4 rings (SSSR count). The fourth-order valence-corrected chi connectivity index (χ4v) is 3.80. The zero-order valence-corrected chi connectivity index (χ0v) is 15.4. The summed E-state index contributed by atoms with van der Waals surface area (Å²) < 4.78 is 13.1. The SMILES string of the molecule is CN(C(=O)N[C@@H]1C[C@H]1c1ccc(F)cc1)[C@@H]1CCCN(c2cccnn2)C1. The van der Waals surface area contributed by atoms with Gasteiger partial charge in [-0.1, -0.05) is 12.1 Å². The Morgan fingerprint density at radius 3 is 2.85 bits per heavy atom. The van der Waals surface area contributed by atoms with Crippen molar-refractivity contribution in [3.8, 4) is 0 Å². The fraction of sp³-hybridized carbons (Fsp3) is 0.450. The molecule has 1 aromatic heterocycles. The number of hydrogen-bond acceptors (Lipinski definition) is 4. The van der Waals surface area contributed by atoms with E-state index >= 15 is 0 Å². The van der Waals surface area contributed by atoms with Crippen LogP contribution in [-0.4, -0.2) is 53.3 Å². The van der Waals surface area contributed by atoms with Crippen LogP contribution in [0.1, 0.15) is 30.7 Å². The van der Waals surface area contributed by atoms with Gasteiger partial charge in [0.25, 0.3) is 0 Å². The van der Waals surface area contributed by atoms with Gasteiger partial charge in [-0.2, -0.15) is 5.10 Å². The van der Waals surface area contributed by atoms with Crippen molar-refractivity contribution in [2.75, 3.05) is 25.0 Å². The maximum Gasteiger partial charge on any atom is 0.317 e. The molecule has 1 aliphatic carbocycles. The number of carbonyl (C=O) groups excluding carboxylic acids is 1. The van der Waals surface area contributed by atoms with Crippen LogP contribution in [0.15, 0.2) is 42.6 Å². The maximum atomic E-state index is 13.1. The largest absolute Gasteiger partial charge is 0.353 e. The average Bonchev–Trinajstić information content (AvgIpc) is 3.47. The second-order valence-corrected chi connectivity index (χ2v) is 7.38. The minimum absolute atomic E-state index is 0.0457. The molecule has 2 fully saturated rings. The summed E-state index contributed by atoms with van der Waals surface area (Å²) in [5.74, 6) is 0.907. The van der Waals surface area contributed by atoms with Crippen molar-refractivity contribution in [2.24, 2.45) is 0 Å². The molecule has 3 atom stereocenters. The number of likely N-dealkylation sites (N-methyl/N-ethyl adjacent to an activating group) is 1. The summed E-state index contributed by atoms with van der Waals surface area (Å²) in [5, 5.41) is 11.2. The molecule has 27 heavy (non-hydrogen) atoms. The van der Waals surface area contributed by atoms with Crippen LogP contribution in [0.2, 0.25) is 0 Å². The van der Waals surface area contributed by atoms with Crippen LogP contribution in [0.5, 0.6) is 0 Å². The number of nitrogens with zero attached hydrogens (tertiary/aromatic N) is 4. The highest BCUT2D eigenvalue weighted by Crippen LogP contribution is 2.40. The molecule has 1 N–H and O–H groups in total. The third-order valence-electron chi connectivity index (χ3n) is 5.54. The molecular weight excluding hydrogens is 345 g/mol. The predicted molar refractivity (Wildman–Crippen MR) is 101 cm³/mol. The van der Waals surface area contributed by atoms with E-state index < -0.39 is 0 Å². The van der Waals surface area contributed by atoms with Crippen molar-refractivity contribution < 1.29 is 9.18 Å². The van der Waals surface area contributed by atoms with E-state index in [1.165, 1.54) is 12.1 Å². The zero-order chi connectivity index (χ0) is 18.8. The van der Waals surface area contributed by atoms with E-state index in [-0.39, 0.29) is 29.8 Å². The monoisotopic (exact) mass is 369 g/mol. The Bertz CT molecular complexity index is 785. The molecule has 142 valence electrons. The molecule has 2 aliphatic rings. The van der Waals surface area contributed by atoms with Gasteiger partial charge >= 0.3 is 6.03 Å². The molecule has 1 aliphatic heterocycles. The van der Waals surface area contributed by atoms with Crippen LogP contribution in [0.25, 0.3) is 0 Å². The lowest BCUT2D eigenvalue weighted by Crippen LogP contribution is -2.52. The van der Waals surface area contributed by atoms with Crippen molar-refractivity contribution in [1.29, 1.82) is 0 Å². The van der Waals surface area contributed by atoms with E-state index in [2.05, 4.69) is 20.4 Å². The Morgan fingerprint density at radius 2 is 2.11 bits per heavy atom. The van der Waals surface area contributed by atoms with Crippen LogP contribution in [0, 0.1) is 5.82 Å². The lowest BCUT2D eigenvalue weighted by molar-refractivity contribution is 0.182. The highest BCUT2D eigenvalue weighted by Gasteiger charge is 2.40. The molecule has 2 amide bonds. The second kappa shape index (κ2) is 7.50. The van der Waals surface area contributed by atoms with Gasteiger partial charge in [0, 0.05) is 38.3 Å². The Morgan fingerprint density at radius 1 is 1.30 bits per heavy atom. The number of aromatic nitrogens is 2. The first kappa shape index (κ1) is 17.7. The van der Waals surface area contributed by atoms with Crippen LogP contribution in [-0.2, 0) is 0 Å². The van der Waals surface area contributed by atoms with Crippen molar-refractivity contribution >= 4 is 11.8 Å². The summed E-state index contributed by atoms with van der Waals surface area (Å²) >= 11 is 0. The molecule has 1 saturated heterocycles. The molecule has 7 heteroatoms. The average molecular weight is 369 g/mol. The number of carbonyl (C=O) groups is 1. The molecule has 1 saturated carbocycles. The highest BCUT2D eigenvalue weighted by molar-refractivity contribution is 5.75. The van der Waals surface area contributed by atoms with Crippen molar-refractivity contribution in [2.45, 2.75) is 37.3 Å². The van der Waals surface area contributed by atoms with Gasteiger partial charge in [0.1, 0.15) is 5.82 Å². The van der Waals surface area contributed by atoms with Crippen molar-refractivity contribution in [1.82, 2.24) is 20.4 Å². The third kappa shape index (κ3) is 4.02. The molecule has 0 unspecified atom stereocenters. The van der Waals surface area contributed by atoms with Gasteiger partial charge in [-0.05, 0) is 49.1 Å². The Kier molecular flexibility index (Phi) is 4.92. The summed E-state index contributed by atoms with van der Waals surface area (Å²) in [5.41, 5.74) is 1.08. The van der Waals surface area contributed by atoms with E-state index in [1.54, 1.807) is 18.3 Å². The van der Waals surface area contributed by atoms with Gasteiger partial charge < -0.3 is 15.1 Å². The number of anilines is 1. The summed E-state index contributed by atoms with van der Waals surface area (Å²) in [6, 6.07) is 10.6. The van der Waals surface area contributed by atoms with Crippen LogP contribution in [0.4, 0.5) is 15.0 Å². The number of piperidine rings is 1. The number of halogens is 1. The molecule has 0 bridgehead atoms. The van der Waals surface area contributed by atoms with Gasteiger partial charge in [0.15, 0.2) is 5.82 Å². The molecule has 2 aromatic rings. The summed E-state index contributed by atoms with van der Waals surface area (Å²) in [6.45, 7) is 1.69. The standard InChI is InChI=1S/C20H24FN5O/c1-25(16-4-3-11-26(13-16)19-5-2-10-22-24-19)20(27)23-18-12-17(18)14-6-8-15(21)9-7-14/h2,5-10,16-18H,3-4,11-13H2,1H3,(H,23,27)/t16-,17+,18-/m1/s1. The first-order valence-electron chi connectivity index (χ1n) is 9.43. The van der Waals surface area contributed by atoms with Gasteiger partial charge in [-0.15, -0.1) is 5.10 Å². The summed E-state index contributed by atoms with van der Waals surface area (Å²) in [6.07, 6.45) is 4.56. The topological polar surface area (TPSA) is 61.4 Å². The number of benzene rings is 1. The molecule has 0 radical (unpaired) electrons. The fourth-order valence-electron chi connectivity index (χ4n) is 3.80. The minimum Gasteiger partial charge on any atom is -0.353 e. The Hall–Kier alpha value is -2.70. The molecule has 0 spiro atoms. The van der Waals surface area contributed by atoms with Gasteiger partial charge in [-0.25, -0.2) is 9.18 Å². The number of hydrogen-bond donors (Lipinski definition) is 1. The zero-order valence-electron chi connectivity index (χ0n) is 15.4. The van der Waals surface area contributed by atoms with Gasteiger partial charge in [-0.3, -0.25) is 0 Å². The van der Waals surface area contributed by atoms with Crippen LogP contribution < -0.4 is 10.2 Å². The molecular formula is C20H24FN5O. The highest BCUT2D eigenvalue weighted by atomic mass is 19.1. The van der Waals surface area contributed by atoms with Gasteiger partial charge in [0.2, 0.25) is 0 Å². The van der Waals surface area contributed by atoms with Crippen molar-refractivity contribution in [3.63, 3.8) is 0 Å². The van der Waals surface area contributed by atoms with E-state index in [4.69, 9.17) is 0 Å². The third-order valence-corrected chi connectivity index (χ3v) is 5.54. The van der Waals surface area contributed by atoms with Crippen molar-refractivity contribution in [3.05, 3.63) is 54.0 Å². The van der Waals surface area contributed by atoms with E-state index in [9.17, 15) is 9.18 Å². The lowest BCUT2D eigenvalue weighted by Gasteiger charge is -2.38. The number of rotatable bonds is 4. The van der Waals surface area contributed by atoms with Crippen LogP contribution >= 0.6 is 0 Å². The lowest BCUT2D eigenvalue weighted by atomic mass is 10.0. The molecule has 6 nitrogen and oxygen atoms in total. The normalized spacial score (nSPS) is 24.4. The van der Waals surface area contributed by atoms with E-state index in [1.807, 2.05) is 24.1 Å². The Balaban J connectivity index is 1.32. The Labute approximate surface area is 158 Å². The van der Waals surface area contributed by atoms with E-state index in [0.717, 1.165) is 43.7 Å². The quantitative estimate of drug-likeness (QED) is 0.900. The summed E-state index contributed by atoms with van der Waals surface area (Å²) in [7, 11) is 1.86. The first-order valence-corrected chi connectivity index (χ1v) is 9.43. The predicted octanol–water partition coefficient (Wildman–Crippen LogP) is 2.78. The number of nitrogens with one attached hydrogen (secondary N) is 1. The molecule has 1 aromatic carbocycles. The number of urea groups is 1.